The number of unbranched alkanes of at least 4 members (excludes halogenated alkanes) is 1. The summed E-state index contributed by atoms with van der Waals surface area (Å²) >= 11 is 6.56. The number of nitrogens with one attached hydrogen (secondary N) is 1. The lowest BCUT2D eigenvalue weighted by Crippen LogP contribution is -2.44. The zero-order valence-electron chi connectivity index (χ0n) is 18.7. The van der Waals surface area contributed by atoms with Crippen molar-refractivity contribution in [3.05, 3.63) is 88.2 Å². The van der Waals surface area contributed by atoms with Crippen LogP contribution in [0.15, 0.2) is 60.7 Å². The number of alkyl carbamates (subject to hydrolysis) is 1. The normalized spacial score (nSPS) is 16.3. The number of nitrogens with zero attached hydrogens (tertiary/aromatic N) is 1. The molecule has 1 aliphatic rings. The average molecular weight is 479 g/mol. The Balaban J connectivity index is 1.75. The van der Waals surface area contributed by atoms with Gasteiger partial charge in [0.05, 0.1) is 24.8 Å². The van der Waals surface area contributed by atoms with Crippen LogP contribution in [0.5, 0.6) is 5.75 Å². The summed E-state index contributed by atoms with van der Waals surface area (Å²) in [5, 5.41) is 12.7. The molecule has 1 aliphatic heterocycles. The van der Waals surface area contributed by atoms with Crippen molar-refractivity contribution in [3.8, 4) is 22.9 Å². The van der Waals surface area contributed by atoms with Gasteiger partial charge in [0, 0.05) is 28.1 Å². The molecular weight excluding hydrogens is 455 g/mol. The first-order valence-corrected chi connectivity index (χ1v) is 11.5. The highest BCUT2D eigenvalue weighted by molar-refractivity contribution is 6.33. The Bertz CT molecular complexity index is 1240. The SMILES string of the molecule is CCCCOC(=O)NC[C@@]1(c2ccccc2)Cc2c(ccc(Cl)c2-c2c(F)cccc2C#N)O1. The fourth-order valence-corrected chi connectivity index (χ4v) is 4.50. The molecular formula is C27H24ClFN2O3. The molecule has 34 heavy (non-hydrogen) atoms. The van der Waals surface area contributed by atoms with Crippen LogP contribution >= 0.6 is 11.6 Å². The van der Waals surface area contributed by atoms with Crippen LogP contribution in [0.4, 0.5) is 9.18 Å². The molecule has 0 saturated heterocycles. The van der Waals surface area contributed by atoms with E-state index >= 15 is 0 Å². The first kappa shape index (κ1) is 23.6. The number of halogens is 2. The summed E-state index contributed by atoms with van der Waals surface area (Å²) < 4.78 is 26.7. The van der Waals surface area contributed by atoms with Gasteiger partial charge < -0.3 is 14.8 Å². The Morgan fingerprint density at radius 2 is 1.97 bits per heavy atom. The zero-order valence-corrected chi connectivity index (χ0v) is 19.5. The minimum absolute atomic E-state index is 0.135. The van der Waals surface area contributed by atoms with Crippen LogP contribution in [0.2, 0.25) is 5.02 Å². The minimum Gasteiger partial charge on any atom is -0.480 e. The summed E-state index contributed by atoms with van der Waals surface area (Å²) in [6.07, 6.45) is 1.49. The van der Waals surface area contributed by atoms with Gasteiger partial charge in [0.25, 0.3) is 0 Å². The maximum atomic E-state index is 15.0. The van der Waals surface area contributed by atoms with E-state index in [0.29, 0.717) is 34.9 Å². The number of nitriles is 1. The molecule has 3 aromatic carbocycles. The number of carbonyl (C=O) groups excluding carboxylic acids is 1. The summed E-state index contributed by atoms with van der Waals surface area (Å²) in [6.45, 7) is 2.49. The number of carbonyl (C=O) groups is 1. The maximum absolute atomic E-state index is 15.0. The van der Waals surface area contributed by atoms with Gasteiger partial charge >= 0.3 is 6.09 Å². The van der Waals surface area contributed by atoms with Crippen molar-refractivity contribution in [1.82, 2.24) is 5.32 Å². The number of ether oxygens (including phenoxy) is 2. The van der Waals surface area contributed by atoms with E-state index in [4.69, 9.17) is 21.1 Å². The third kappa shape index (κ3) is 4.57. The van der Waals surface area contributed by atoms with Gasteiger partial charge in [-0.05, 0) is 36.2 Å². The number of benzene rings is 3. The van der Waals surface area contributed by atoms with Gasteiger partial charge in [-0.2, -0.15) is 5.26 Å². The zero-order chi connectivity index (χ0) is 24.1. The van der Waals surface area contributed by atoms with Crippen molar-refractivity contribution in [2.45, 2.75) is 31.8 Å². The van der Waals surface area contributed by atoms with Gasteiger partial charge in [-0.15, -0.1) is 0 Å². The molecule has 3 aromatic rings. The lowest BCUT2D eigenvalue weighted by atomic mass is 9.85. The predicted octanol–water partition coefficient (Wildman–Crippen LogP) is 6.37. The van der Waals surface area contributed by atoms with E-state index in [0.717, 1.165) is 18.4 Å². The summed E-state index contributed by atoms with van der Waals surface area (Å²) in [7, 11) is 0. The Morgan fingerprint density at radius 3 is 2.71 bits per heavy atom. The number of amides is 1. The van der Waals surface area contributed by atoms with E-state index < -0.39 is 17.5 Å². The number of hydrogen-bond acceptors (Lipinski definition) is 4. The minimum atomic E-state index is -0.954. The van der Waals surface area contributed by atoms with Crippen molar-refractivity contribution in [2.24, 2.45) is 0 Å². The number of rotatable bonds is 7. The van der Waals surface area contributed by atoms with E-state index in [2.05, 4.69) is 11.4 Å². The Morgan fingerprint density at radius 1 is 1.18 bits per heavy atom. The fraction of sp³-hybridized carbons (Fsp3) is 0.259. The molecule has 1 amide bonds. The molecule has 5 nitrogen and oxygen atoms in total. The highest BCUT2D eigenvalue weighted by Crippen LogP contribution is 2.48. The third-order valence-electron chi connectivity index (χ3n) is 5.92. The molecule has 0 saturated carbocycles. The Labute approximate surface area is 203 Å². The van der Waals surface area contributed by atoms with Crippen LogP contribution in [-0.4, -0.2) is 19.2 Å². The topological polar surface area (TPSA) is 71.3 Å². The lowest BCUT2D eigenvalue weighted by molar-refractivity contribution is 0.0837. The molecule has 4 rings (SSSR count). The molecule has 0 aliphatic carbocycles. The second-order valence-electron chi connectivity index (χ2n) is 8.16. The molecule has 0 bridgehead atoms. The van der Waals surface area contributed by atoms with Gasteiger partial charge in [-0.1, -0.05) is 61.3 Å². The maximum Gasteiger partial charge on any atom is 0.407 e. The van der Waals surface area contributed by atoms with E-state index in [-0.39, 0.29) is 17.7 Å². The van der Waals surface area contributed by atoms with Gasteiger partial charge in [-0.3, -0.25) is 0 Å². The first-order valence-electron chi connectivity index (χ1n) is 11.1. The molecule has 0 unspecified atom stereocenters. The second kappa shape index (κ2) is 10.1. The summed E-state index contributed by atoms with van der Waals surface area (Å²) in [6, 6.07) is 19.3. The lowest BCUT2D eigenvalue weighted by Gasteiger charge is -2.29. The quantitative estimate of drug-likeness (QED) is 0.400. The molecule has 0 aromatic heterocycles. The Kier molecular flexibility index (Phi) is 7.04. The highest BCUT2D eigenvalue weighted by atomic mass is 35.5. The molecule has 1 N–H and O–H groups in total. The van der Waals surface area contributed by atoms with E-state index in [1.165, 1.54) is 12.1 Å². The standard InChI is InChI=1S/C27H24ClFN2O3/c1-2-3-14-33-26(32)31-17-27(19-9-5-4-6-10-19)15-20-23(34-27)13-12-21(28)25(20)24-18(16-30)8-7-11-22(24)29/h4-13H,2-3,14-15,17H2,1H3,(H,31,32)/t27-/m1/s1. The molecule has 0 radical (unpaired) electrons. The monoisotopic (exact) mass is 478 g/mol. The van der Waals surface area contributed by atoms with Crippen molar-refractivity contribution in [1.29, 1.82) is 5.26 Å². The van der Waals surface area contributed by atoms with Crippen LogP contribution in [0.25, 0.3) is 11.1 Å². The summed E-state index contributed by atoms with van der Waals surface area (Å²) in [4.78, 5) is 12.3. The fourth-order valence-electron chi connectivity index (χ4n) is 4.22. The summed E-state index contributed by atoms with van der Waals surface area (Å²) in [5.74, 6) is -0.0132. The predicted molar refractivity (Wildman–Crippen MR) is 128 cm³/mol. The molecule has 1 atom stereocenters. The van der Waals surface area contributed by atoms with Crippen LogP contribution in [0, 0.1) is 17.1 Å². The second-order valence-corrected chi connectivity index (χ2v) is 8.56. The van der Waals surface area contributed by atoms with Crippen LogP contribution in [0.1, 0.15) is 36.5 Å². The molecule has 7 heteroatoms. The molecule has 0 fully saturated rings. The van der Waals surface area contributed by atoms with Gasteiger partial charge in [0.2, 0.25) is 0 Å². The van der Waals surface area contributed by atoms with E-state index in [1.54, 1.807) is 18.2 Å². The van der Waals surface area contributed by atoms with Gasteiger partial charge in [0.1, 0.15) is 11.6 Å². The smallest absolute Gasteiger partial charge is 0.407 e. The van der Waals surface area contributed by atoms with E-state index in [1.807, 2.05) is 37.3 Å². The first-order chi connectivity index (χ1) is 16.5. The van der Waals surface area contributed by atoms with Crippen molar-refractivity contribution < 1.29 is 18.7 Å². The van der Waals surface area contributed by atoms with Gasteiger partial charge in [-0.25, -0.2) is 9.18 Å². The van der Waals surface area contributed by atoms with Crippen molar-refractivity contribution in [3.63, 3.8) is 0 Å². The molecule has 0 spiro atoms. The number of fused-ring (bicyclic) bond motifs is 1. The van der Waals surface area contributed by atoms with Crippen LogP contribution in [0.3, 0.4) is 0 Å². The molecule has 1 heterocycles. The van der Waals surface area contributed by atoms with E-state index in [9.17, 15) is 14.4 Å². The number of hydrogen-bond donors (Lipinski definition) is 1. The van der Waals surface area contributed by atoms with Crippen LogP contribution in [-0.2, 0) is 16.8 Å². The third-order valence-corrected chi connectivity index (χ3v) is 6.23. The van der Waals surface area contributed by atoms with Gasteiger partial charge in [0.15, 0.2) is 5.60 Å². The summed E-state index contributed by atoms with van der Waals surface area (Å²) in [5.41, 5.74) is 1.33. The highest BCUT2D eigenvalue weighted by Gasteiger charge is 2.43. The Hall–Kier alpha value is -3.56. The largest absolute Gasteiger partial charge is 0.480 e. The van der Waals surface area contributed by atoms with Crippen molar-refractivity contribution in [2.75, 3.05) is 13.2 Å². The van der Waals surface area contributed by atoms with Crippen molar-refractivity contribution >= 4 is 17.7 Å². The van der Waals surface area contributed by atoms with Crippen LogP contribution < -0.4 is 10.1 Å². The molecule has 174 valence electrons. The average Bonchev–Trinajstić information content (AvgIpc) is 3.24.